The Bertz CT molecular complexity index is 1010. The third-order valence-electron chi connectivity index (χ3n) is 4.78. The highest BCUT2D eigenvalue weighted by atomic mass is 16.5. The summed E-state index contributed by atoms with van der Waals surface area (Å²) >= 11 is 0. The average molecular weight is 389 g/mol. The minimum absolute atomic E-state index is 0.206. The summed E-state index contributed by atoms with van der Waals surface area (Å²) in [6.45, 7) is 0.206. The number of allylic oxidation sites excluding steroid dienone is 2. The Morgan fingerprint density at radius 2 is 2.03 bits per heavy atom. The molecule has 4 rings (SSSR count). The molecule has 0 aliphatic heterocycles. The molecule has 1 amide bonds. The van der Waals surface area contributed by atoms with E-state index in [1.165, 1.54) is 6.42 Å². The van der Waals surface area contributed by atoms with Crippen molar-refractivity contribution in [1.82, 2.24) is 14.8 Å². The summed E-state index contributed by atoms with van der Waals surface area (Å²) in [5, 5.41) is 7.26. The van der Waals surface area contributed by atoms with Crippen LogP contribution in [0.3, 0.4) is 0 Å². The second-order valence-corrected chi connectivity index (χ2v) is 6.93. The summed E-state index contributed by atoms with van der Waals surface area (Å²) < 4.78 is 7.01. The van der Waals surface area contributed by atoms with Crippen molar-refractivity contribution in [3.8, 4) is 11.3 Å². The number of carbonyl (C=O) groups is 1. The first-order valence-electron chi connectivity index (χ1n) is 9.68. The summed E-state index contributed by atoms with van der Waals surface area (Å²) in [6, 6.07) is 14.9. The predicted molar refractivity (Wildman–Crippen MR) is 113 cm³/mol. The molecule has 0 saturated heterocycles. The number of hydrogen-bond donors (Lipinski definition) is 2. The molecule has 29 heavy (non-hydrogen) atoms. The van der Waals surface area contributed by atoms with Gasteiger partial charge in [-0.25, -0.2) is 14.5 Å². The number of nitrogens with zero attached hydrogens (tertiary/aromatic N) is 3. The van der Waals surface area contributed by atoms with Gasteiger partial charge in [0.05, 0.1) is 5.69 Å². The maximum Gasteiger partial charge on any atom is 0.413 e. The molecule has 2 aromatic heterocycles. The summed E-state index contributed by atoms with van der Waals surface area (Å²) in [5.74, 6) is 1.02. The van der Waals surface area contributed by atoms with Gasteiger partial charge < -0.3 is 10.5 Å². The molecule has 0 saturated carbocycles. The lowest BCUT2D eigenvalue weighted by Crippen LogP contribution is -2.14. The fourth-order valence-electron chi connectivity index (χ4n) is 3.26. The van der Waals surface area contributed by atoms with Gasteiger partial charge in [0.15, 0.2) is 0 Å². The number of amides is 1. The molecule has 0 unspecified atom stereocenters. The standard InChI is InChI=1S/C22H23N5O2/c23-20-13-19(26-27(20)18-9-5-2-6-10-18)17-11-12-21(24-14-17)25-22(28)29-15-16-7-3-1-4-8-16/h1,3-4,7-9,11-14H,2,5-6,10,15,23H2,(H,24,25,28). The van der Waals surface area contributed by atoms with Gasteiger partial charge in [-0.3, -0.25) is 5.32 Å². The van der Waals surface area contributed by atoms with Crippen molar-refractivity contribution in [2.24, 2.45) is 0 Å². The van der Waals surface area contributed by atoms with E-state index in [0.717, 1.165) is 41.8 Å². The second-order valence-electron chi connectivity index (χ2n) is 6.93. The van der Waals surface area contributed by atoms with E-state index in [1.807, 2.05) is 47.1 Å². The number of benzene rings is 1. The highest BCUT2D eigenvalue weighted by Gasteiger charge is 2.13. The van der Waals surface area contributed by atoms with E-state index < -0.39 is 6.09 Å². The van der Waals surface area contributed by atoms with Crippen molar-refractivity contribution in [1.29, 1.82) is 0 Å². The minimum atomic E-state index is -0.549. The van der Waals surface area contributed by atoms with Crippen LogP contribution in [0, 0.1) is 0 Å². The molecule has 0 radical (unpaired) electrons. The van der Waals surface area contributed by atoms with E-state index in [2.05, 4.69) is 21.5 Å². The van der Waals surface area contributed by atoms with Crippen LogP contribution in [-0.4, -0.2) is 20.9 Å². The minimum Gasteiger partial charge on any atom is -0.444 e. The third-order valence-corrected chi connectivity index (χ3v) is 4.78. The molecule has 1 aliphatic carbocycles. The SMILES string of the molecule is Nc1cc(-c2ccc(NC(=O)OCc3ccccc3)nc2)nn1C1=CCCCC1. The lowest BCUT2D eigenvalue weighted by atomic mass is 10.1. The number of nitrogen functional groups attached to an aromatic ring is 1. The Labute approximate surface area is 169 Å². The first-order chi connectivity index (χ1) is 14.2. The number of carbonyl (C=O) groups excluding carboxylic acids is 1. The van der Waals surface area contributed by atoms with Crippen LogP contribution in [-0.2, 0) is 11.3 Å². The number of hydrogen-bond acceptors (Lipinski definition) is 5. The monoisotopic (exact) mass is 389 g/mol. The van der Waals surface area contributed by atoms with Crippen LogP contribution < -0.4 is 11.1 Å². The molecule has 0 fully saturated rings. The molecule has 3 aromatic rings. The van der Waals surface area contributed by atoms with Crippen LogP contribution in [0.15, 0.2) is 60.8 Å². The van der Waals surface area contributed by atoms with Crippen molar-refractivity contribution in [3.63, 3.8) is 0 Å². The van der Waals surface area contributed by atoms with Crippen LogP contribution in [0.4, 0.5) is 16.4 Å². The summed E-state index contributed by atoms with van der Waals surface area (Å²) in [7, 11) is 0. The zero-order chi connectivity index (χ0) is 20.1. The van der Waals surface area contributed by atoms with Crippen LogP contribution in [0.1, 0.15) is 31.2 Å². The Morgan fingerprint density at radius 1 is 1.17 bits per heavy atom. The normalized spacial score (nSPS) is 13.6. The Morgan fingerprint density at radius 3 is 2.76 bits per heavy atom. The fraction of sp³-hybridized carbons (Fsp3) is 0.227. The van der Waals surface area contributed by atoms with Crippen molar-refractivity contribution in [2.75, 3.05) is 11.1 Å². The summed E-state index contributed by atoms with van der Waals surface area (Å²) in [6.07, 6.45) is 7.72. The number of ether oxygens (including phenoxy) is 1. The molecule has 0 atom stereocenters. The van der Waals surface area contributed by atoms with E-state index in [-0.39, 0.29) is 6.61 Å². The molecule has 0 bridgehead atoms. The Kier molecular flexibility index (Phi) is 5.56. The van der Waals surface area contributed by atoms with Gasteiger partial charge in [0.1, 0.15) is 18.2 Å². The molecule has 3 N–H and O–H groups in total. The summed E-state index contributed by atoms with van der Waals surface area (Å²) in [4.78, 5) is 16.2. The Balaban J connectivity index is 1.39. The van der Waals surface area contributed by atoms with Crippen molar-refractivity contribution in [2.45, 2.75) is 32.3 Å². The van der Waals surface area contributed by atoms with Crippen LogP contribution in [0.5, 0.6) is 0 Å². The van der Waals surface area contributed by atoms with Gasteiger partial charge in [-0.2, -0.15) is 5.10 Å². The Hall–Kier alpha value is -3.61. The molecule has 148 valence electrons. The van der Waals surface area contributed by atoms with Gasteiger partial charge >= 0.3 is 6.09 Å². The van der Waals surface area contributed by atoms with Crippen LogP contribution >= 0.6 is 0 Å². The second kappa shape index (κ2) is 8.60. The van der Waals surface area contributed by atoms with E-state index >= 15 is 0 Å². The molecule has 7 heteroatoms. The zero-order valence-electron chi connectivity index (χ0n) is 16.0. The predicted octanol–water partition coefficient (Wildman–Crippen LogP) is 4.69. The topological polar surface area (TPSA) is 95.1 Å². The van der Waals surface area contributed by atoms with Gasteiger partial charge in [-0.1, -0.05) is 36.4 Å². The van der Waals surface area contributed by atoms with Gasteiger partial charge in [0.25, 0.3) is 0 Å². The van der Waals surface area contributed by atoms with Crippen LogP contribution in [0.2, 0.25) is 0 Å². The third kappa shape index (κ3) is 4.63. The van der Waals surface area contributed by atoms with Gasteiger partial charge in [-0.05, 0) is 43.4 Å². The van der Waals surface area contributed by atoms with Crippen molar-refractivity contribution in [3.05, 3.63) is 66.4 Å². The molecular formula is C22H23N5O2. The smallest absolute Gasteiger partial charge is 0.413 e. The quantitative estimate of drug-likeness (QED) is 0.660. The van der Waals surface area contributed by atoms with Crippen LogP contribution in [0.25, 0.3) is 17.0 Å². The molecule has 1 aliphatic rings. The van der Waals surface area contributed by atoms with E-state index in [1.54, 1.807) is 12.3 Å². The lowest BCUT2D eigenvalue weighted by Gasteiger charge is -2.13. The van der Waals surface area contributed by atoms with Crippen molar-refractivity contribution >= 4 is 23.4 Å². The number of nitrogens with two attached hydrogens (primary N) is 1. The fourth-order valence-corrected chi connectivity index (χ4v) is 3.26. The number of anilines is 2. The highest BCUT2D eigenvalue weighted by Crippen LogP contribution is 2.27. The number of pyridine rings is 1. The van der Waals surface area contributed by atoms with Crippen molar-refractivity contribution < 1.29 is 9.53 Å². The maximum absolute atomic E-state index is 12.0. The summed E-state index contributed by atoms with van der Waals surface area (Å²) in [5.41, 5.74) is 9.80. The molecule has 7 nitrogen and oxygen atoms in total. The van der Waals surface area contributed by atoms with Gasteiger partial charge in [-0.15, -0.1) is 0 Å². The maximum atomic E-state index is 12.0. The number of nitrogens with one attached hydrogen (secondary N) is 1. The van der Waals surface area contributed by atoms with Gasteiger partial charge in [0, 0.05) is 23.5 Å². The first kappa shape index (κ1) is 18.7. The van der Waals surface area contributed by atoms with E-state index in [0.29, 0.717) is 11.6 Å². The molecule has 0 spiro atoms. The number of rotatable bonds is 5. The molecular weight excluding hydrogens is 366 g/mol. The average Bonchev–Trinajstić information content (AvgIpc) is 3.16. The number of aromatic nitrogens is 3. The molecule has 1 aromatic carbocycles. The van der Waals surface area contributed by atoms with Gasteiger partial charge in [0.2, 0.25) is 0 Å². The highest BCUT2D eigenvalue weighted by molar-refractivity contribution is 5.83. The lowest BCUT2D eigenvalue weighted by molar-refractivity contribution is 0.155. The van der Waals surface area contributed by atoms with E-state index in [9.17, 15) is 4.79 Å². The van der Waals surface area contributed by atoms with E-state index in [4.69, 9.17) is 10.5 Å². The first-order valence-corrected chi connectivity index (χ1v) is 9.68. The molecule has 2 heterocycles. The largest absolute Gasteiger partial charge is 0.444 e. The zero-order valence-corrected chi connectivity index (χ0v) is 16.0.